The highest BCUT2D eigenvalue weighted by Crippen LogP contribution is 2.06. The second-order valence-corrected chi connectivity index (χ2v) is 9.57. The molecule has 1 atom stereocenters. The molecule has 1 N–H and O–H groups in total. The number of hydrogen-bond donors (Lipinski definition) is 1. The van der Waals surface area contributed by atoms with Gasteiger partial charge in [-0.3, -0.25) is 0 Å². The highest BCUT2D eigenvalue weighted by atomic mass is 28.3. The molecule has 3 heteroatoms. The van der Waals surface area contributed by atoms with E-state index in [4.69, 9.17) is 9.84 Å². The lowest BCUT2D eigenvalue weighted by Gasteiger charge is -2.10. The van der Waals surface area contributed by atoms with Crippen molar-refractivity contribution in [1.82, 2.24) is 0 Å². The Morgan fingerprint density at radius 3 is 2.33 bits per heavy atom. The quantitative estimate of drug-likeness (QED) is 0.430. The fraction of sp³-hybridized carbons (Fsp3) is 0.833. The van der Waals surface area contributed by atoms with E-state index in [9.17, 15) is 0 Å². The van der Waals surface area contributed by atoms with Crippen LogP contribution >= 0.6 is 0 Å². The Bertz CT molecular complexity index is 210. The van der Waals surface area contributed by atoms with E-state index in [2.05, 4.69) is 31.1 Å². The summed E-state index contributed by atoms with van der Waals surface area (Å²) in [6, 6.07) is 0. The maximum absolute atomic E-state index is 8.65. The normalized spacial score (nSPS) is 13.1. The predicted octanol–water partition coefficient (Wildman–Crippen LogP) is 2.43. The summed E-state index contributed by atoms with van der Waals surface area (Å²) in [5.74, 6) is 3.21. The number of aliphatic hydroxyl groups is 1. The van der Waals surface area contributed by atoms with Crippen molar-refractivity contribution in [2.75, 3.05) is 13.7 Å². The lowest BCUT2D eigenvalue weighted by molar-refractivity contribution is 0.137. The first-order valence-electron chi connectivity index (χ1n) is 5.66. The smallest absolute Gasteiger partial charge is 0.129 e. The molecule has 0 rings (SSSR count). The second kappa shape index (κ2) is 7.92. The van der Waals surface area contributed by atoms with E-state index >= 15 is 0 Å². The number of unbranched alkanes of at least 4 members (excludes halogenated alkanes) is 2. The zero-order valence-electron chi connectivity index (χ0n) is 10.5. The minimum Gasteiger partial charge on any atom is -0.396 e. The van der Waals surface area contributed by atoms with Gasteiger partial charge in [0.25, 0.3) is 0 Å². The fourth-order valence-corrected chi connectivity index (χ4v) is 1.76. The number of methoxy groups -OCH3 is 1. The molecule has 0 spiro atoms. The summed E-state index contributed by atoms with van der Waals surface area (Å²) in [4.78, 5) is 0. The van der Waals surface area contributed by atoms with Gasteiger partial charge < -0.3 is 9.84 Å². The fourth-order valence-electron chi connectivity index (χ4n) is 1.16. The van der Waals surface area contributed by atoms with Crippen LogP contribution in [0, 0.1) is 11.5 Å². The van der Waals surface area contributed by atoms with Crippen LogP contribution in [0.15, 0.2) is 0 Å². The number of aliphatic hydroxyl groups excluding tert-OH is 1. The number of ether oxygens (including phenoxy) is 1. The minimum absolute atomic E-state index is 0.0791. The topological polar surface area (TPSA) is 29.5 Å². The van der Waals surface area contributed by atoms with Crippen molar-refractivity contribution in [2.45, 2.75) is 51.4 Å². The van der Waals surface area contributed by atoms with E-state index in [0.29, 0.717) is 0 Å². The second-order valence-electron chi connectivity index (χ2n) is 4.82. The van der Waals surface area contributed by atoms with Gasteiger partial charge in [-0.15, -0.1) is 5.54 Å². The summed E-state index contributed by atoms with van der Waals surface area (Å²) in [5, 5.41) is 8.65. The molecule has 0 aromatic heterocycles. The van der Waals surface area contributed by atoms with Gasteiger partial charge in [0.15, 0.2) is 0 Å². The Morgan fingerprint density at radius 1 is 1.20 bits per heavy atom. The van der Waals surface area contributed by atoms with Crippen molar-refractivity contribution in [1.29, 1.82) is 0 Å². The predicted molar refractivity (Wildman–Crippen MR) is 67.5 cm³/mol. The van der Waals surface area contributed by atoms with Crippen LogP contribution in [0.5, 0.6) is 0 Å². The van der Waals surface area contributed by atoms with Crippen LogP contribution in [0.1, 0.15) is 25.7 Å². The summed E-state index contributed by atoms with van der Waals surface area (Å²) in [6.45, 7) is 6.99. The third-order valence-corrected chi connectivity index (χ3v) is 2.91. The maximum Gasteiger partial charge on any atom is 0.129 e. The van der Waals surface area contributed by atoms with Gasteiger partial charge in [-0.1, -0.05) is 32.0 Å². The molecular weight excluding hydrogens is 204 g/mol. The van der Waals surface area contributed by atoms with Crippen LogP contribution in [0.3, 0.4) is 0 Å². The Balaban J connectivity index is 3.86. The summed E-state index contributed by atoms with van der Waals surface area (Å²) in [6.07, 6.45) is 4.09. The van der Waals surface area contributed by atoms with Crippen LogP contribution in [-0.4, -0.2) is 33.0 Å². The van der Waals surface area contributed by atoms with E-state index < -0.39 is 8.07 Å². The van der Waals surface area contributed by atoms with Crippen molar-refractivity contribution in [3.63, 3.8) is 0 Å². The molecule has 0 fully saturated rings. The molecule has 0 unspecified atom stereocenters. The van der Waals surface area contributed by atoms with Crippen LogP contribution in [-0.2, 0) is 4.74 Å². The molecule has 0 amide bonds. The van der Waals surface area contributed by atoms with E-state index in [0.717, 1.165) is 25.7 Å². The molecule has 0 heterocycles. The summed E-state index contributed by atoms with van der Waals surface area (Å²) in [5.41, 5.74) is 3.33. The molecule has 0 aliphatic carbocycles. The Kier molecular flexibility index (Phi) is 7.76. The highest BCUT2D eigenvalue weighted by Gasteiger charge is 2.09. The van der Waals surface area contributed by atoms with Gasteiger partial charge in [0.1, 0.15) is 14.2 Å². The van der Waals surface area contributed by atoms with Gasteiger partial charge in [0, 0.05) is 13.7 Å². The molecule has 0 bridgehead atoms. The van der Waals surface area contributed by atoms with Gasteiger partial charge in [0.2, 0.25) is 0 Å². The molecule has 2 nitrogen and oxygen atoms in total. The lowest BCUT2D eigenvalue weighted by Crippen LogP contribution is -2.18. The van der Waals surface area contributed by atoms with Gasteiger partial charge in [0.05, 0.1) is 0 Å². The summed E-state index contributed by atoms with van der Waals surface area (Å²) >= 11 is 0. The van der Waals surface area contributed by atoms with Crippen molar-refractivity contribution >= 4 is 8.07 Å². The molecule has 0 radical (unpaired) electrons. The zero-order valence-corrected chi connectivity index (χ0v) is 11.5. The molecule has 0 aliphatic heterocycles. The molecule has 0 aromatic rings. The number of rotatable bonds is 6. The molecule has 0 aromatic carbocycles. The third kappa shape index (κ3) is 9.99. The summed E-state index contributed by atoms with van der Waals surface area (Å²) < 4.78 is 5.31. The average Bonchev–Trinajstić information content (AvgIpc) is 2.15. The van der Waals surface area contributed by atoms with E-state index in [1.165, 1.54) is 0 Å². The van der Waals surface area contributed by atoms with Crippen molar-refractivity contribution < 1.29 is 9.84 Å². The first-order valence-corrected chi connectivity index (χ1v) is 9.16. The van der Waals surface area contributed by atoms with Crippen molar-refractivity contribution in [3.05, 3.63) is 0 Å². The zero-order chi connectivity index (χ0) is 11.7. The monoisotopic (exact) mass is 228 g/mol. The summed E-state index contributed by atoms with van der Waals surface area (Å²) in [7, 11) is 0.446. The third-order valence-electron chi connectivity index (χ3n) is 2.02. The first kappa shape index (κ1) is 14.7. The van der Waals surface area contributed by atoms with Crippen molar-refractivity contribution in [2.24, 2.45) is 0 Å². The van der Waals surface area contributed by atoms with Crippen LogP contribution < -0.4 is 0 Å². The van der Waals surface area contributed by atoms with Gasteiger partial charge in [-0.2, -0.15) is 0 Å². The standard InChI is InChI=1S/C12H24O2Si/c1-14-12(8-6-5-7-10-13)9-11-15(2,3)4/h12-13H,5-8,10H2,1-4H3/t12-/m0/s1. The van der Waals surface area contributed by atoms with Gasteiger partial charge in [-0.05, 0) is 19.3 Å². The average molecular weight is 228 g/mol. The van der Waals surface area contributed by atoms with Crippen LogP contribution in [0.25, 0.3) is 0 Å². The SMILES string of the molecule is CO[C@H](C#C[Si](C)(C)C)CCCCCO. The van der Waals surface area contributed by atoms with E-state index in [1.807, 2.05) is 0 Å². The van der Waals surface area contributed by atoms with Crippen LogP contribution in [0.2, 0.25) is 19.6 Å². The minimum atomic E-state index is -1.27. The maximum atomic E-state index is 8.65. The highest BCUT2D eigenvalue weighted by molar-refractivity contribution is 6.83. The Morgan fingerprint density at radius 2 is 1.87 bits per heavy atom. The molecular formula is C12H24O2Si. The largest absolute Gasteiger partial charge is 0.396 e. The van der Waals surface area contributed by atoms with Gasteiger partial charge >= 0.3 is 0 Å². The molecule has 15 heavy (non-hydrogen) atoms. The molecule has 88 valence electrons. The van der Waals surface area contributed by atoms with E-state index in [-0.39, 0.29) is 12.7 Å². The molecule has 0 aliphatic rings. The van der Waals surface area contributed by atoms with Gasteiger partial charge in [-0.25, -0.2) is 0 Å². The Labute approximate surface area is 95.0 Å². The van der Waals surface area contributed by atoms with Crippen molar-refractivity contribution in [3.8, 4) is 11.5 Å². The van der Waals surface area contributed by atoms with E-state index in [1.54, 1.807) is 7.11 Å². The lowest BCUT2D eigenvalue weighted by atomic mass is 10.1. The Hall–Kier alpha value is -0.303. The first-order chi connectivity index (χ1) is 6.99. The number of hydrogen-bond acceptors (Lipinski definition) is 2. The molecule has 0 saturated heterocycles. The van der Waals surface area contributed by atoms with Crippen LogP contribution in [0.4, 0.5) is 0 Å². The molecule has 0 saturated carbocycles.